The van der Waals surface area contributed by atoms with E-state index in [-0.39, 0.29) is 18.4 Å². The first-order chi connectivity index (χ1) is 13.1. The number of amides is 1. The minimum Gasteiger partial charge on any atom is -0.346 e. The summed E-state index contributed by atoms with van der Waals surface area (Å²) < 4.78 is 2.00. The Hall–Kier alpha value is -3.39. The van der Waals surface area contributed by atoms with Crippen LogP contribution in [-0.2, 0) is 4.79 Å². The maximum atomic E-state index is 12.6. The molecule has 1 atom stereocenters. The molecule has 0 aliphatic rings. The monoisotopic (exact) mass is 380 g/mol. The summed E-state index contributed by atoms with van der Waals surface area (Å²) in [6.07, 6.45) is 4.14. The molecule has 136 valence electrons. The molecule has 1 amide bonds. The van der Waals surface area contributed by atoms with Crippen molar-refractivity contribution in [3.63, 3.8) is 0 Å². The third kappa shape index (κ3) is 3.61. The number of aromatic amines is 2. The van der Waals surface area contributed by atoms with Gasteiger partial charge >= 0.3 is 11.1 Å². The highest BCUT2D eigenvalue weighted by Crippen LogP contribution is 2.25. The second-order valence-electron chi connectivity index (χ2n) is 6.12. The minimum atomic E-state index is -0.726. The first kappa shape index (κ1) is 17.0. The van der Waals surface area contributed by atoms with Gasteiger partial charge in [0, 0.05) is 18.1 Å². The van der Waals surface area contributed by atoms with Crippen molar-refractivity contribution < 1.29 is 4.79 Å². The molecule has 4 rings (SSSR count). The first-order valence-corrected chi connectivity index (χ1v) is 9.25. The second kappa shape index (κ2) is 7.08. The molecule has 3 N–H and O–H groups in total. The zero-order valence-corrected chi connectivity index (χ0v) is 15.0. The zero-order valence-electron chi connectivity index (χ0n) is 14.1. The molecule has 0 aliphatic heterocycles. The van der Waals surface area contributed by atoms with Crippen LogP contribution in [-0.4, -0.2) is 20.4 Å². The first-order valence-electron chi connectivity index (χ1n) is 8.31. The number of nitrogens with one attached hydrogen (secondary N) is 3. The number of nitrogens with zero attached hydrogens (tertiary/aromatic N) is 1. The lowest BCUT2D eigenvalue weighted by atomic mass is 10.1. The number of hydrogen-bond acceptors (Lipinski definition) is 4. The zero-order chi connectivity index (χ0) is 18.8. The van der Waals surface area contributed by atoms with Crippen molar-refractivity contribution in [2.75, 3.05) is 5.32 Å². The normalized spacial score (nSPS) is 12.1. The van der Waals surface area contributed by atoms with Gasteiger partial charge in [-0.15, -0.1) is 0 Å². The molecule has 0 bridgehead atoms. The van der Waals surface area contributed by atoms with E-state index >= 15 is 0 Å². The van der Waals surface area contributed by atoms with E-state index in [0.29, 0.717) is 16.7 Å². The van der Waals surface area contributed by atoms with E-state index in [0.717, 1.165) is 5.56 Å². The van der Waals surface area contributed by atoms with Gasteiger partial charge in [-0.25, -0.2) is 0 Å². The Morgan fingerprint density at radius 1 is 1.07 bits per heavy atom. The van der Waals surface area contributed by atoms with E-state index in [9.17, 15) is 14.4 Å². The second-order valence-corrected chi connectivity index (χ2v) is 6.90. The van der Waals surface area contributed by atoms with E-state index in [1.165, 1.54) is 0 Å². The standard InChI is InChI=1S/C19H16N4O3S/c24-17(10-16(12-5-8-27-11-12)23-6-1-2-7-23)20-13-3-4-14-15(9-13)22-19(26)18(25)21-14/h1-9,11,16H,10H2,(H,20,24)(H,21,25)(H,22,26)/t16-/m0/s1. The number of benzene rings is 1. The third-order valence-electron chi connectivity index (χ3n) is 4.30. The predicted molar refractivity (Wildman–Crippen MR) is 105 cm³/mol. The van der Waals surface area contributed by atoms with Crippen LogP contribution in [0.2, 0.25) is 0 Å². The van der Waals surface area contributed by atoms with Gasteiger partial charge in [0.1, 0.15) is 0 Å². The number of anilines is 1. The summed E-state index contributed by atoms with van der Waals surface area (Å²) in [5.41, 5.74) is 1.15. The lowest BCUT2D eigenvalue weighted by molar-refractivity contribution is -0.116. The third-order valence-corrected chi connectivity index (χ3v) is 5.00. The number of aromatic nitrogens is 3. The summed E-state index contributed by atoms with van der Waals surface area (Å²) in [6, 6.07) is 10.7. The Balaban J connectivity index is 1.56. The van der Waals surface area contributed by atoms with Crippen molar-refractivity contribution in [1.29, 1.82) is 0 Å². The topological polar surface area (TPSA) is 99.8 Å². The Labute approximate surface area is 157 Å². The van der Waals surface area contributed by atoms with Crippen molar-refractivity contribution in [3.05, 3.63) is 85.8 Å². The fourth-order valence-electron chi connectivity index (χ4n) is 3.00. The van der Waals surface area contributed by atoms with Gasteiger partial charge in [-0.2, -0.15) is 11.3 Å². The van der Waals surface area contributed by atoms with Gasteiger partial charge in [0.15, 0.2) is 0 Å². The van der Waals surface area contributed by atoms with Crippen LogP contribution in [0.15, 0.2) is 69.1 Å². The molecular weight excluding hydrogens is 364 g/mol. The average molecular weight is 380 g/mol. The maximum Gasteiger partial charge on any atom is 0.314 e. The highest BCUT2D eigenvalue weighted by atomic mass is 32.1. The molecule has 4 aromatic rings. The van der Waals surface area contributed by atoms with Crippen LogP contribution in [0.3, 0.4) is 0 Å². The highest BCUT2D eigenvalue weighted by molar-refractivity contribution is 7.08. The Kier molecular flexibility index (Phi) is 4.47. The molecule has 0 fully saturated rings. The predicted octanol–water partition coefficient (Wildman–Crippen LogP) is 2.70. The van der Waals surface area contributed by atoms with Crippen LogP contribution in [0.5, 0.6) is 0 Å². The van der Waals surface area contributed by atoms with Crippen molar-refractivity contribution in [2.24, 2.45) is 0 Å². The molecule has 0 saturated heterocycles. The number of hydrogen-bond donors (Lipinski definition) is 3. The number of rotatable bonds is 5. The molecule has 0 unspecified atom stereocenters. The summed E-state index contributed by atoms with van der Waals surface area (Å²) in [6.45, 7) is 0. The van der Waals surface area contributed by atoms with Crippen LogP contribution in [0.25, 0.3) is 11.0 Å². The molecule has 3 aromatic heterocycles. The van der Waals surface area contributed by atoms with Crippen molar-refractivity contribution in [3.8, 4) is 0 Å². The SMILES string of the molecule is O=C(C[C@@H](c1ccsc1)n1cccc1)Nc1ccc2[nH]c(=O)c(=O)[nH]c2c1. The van der Waals surface area contributed by atoms with Crippen LogP contribution in [0.4, 0.5) is 5.69 Å². The van der Waals surface area contributed by atoms with E-state index in [2.05, 4.69) is 15.3 Å². The number of fused-ring (bicyclic) bond motifs is 1. The fraction of sp³-hybridized carbons (Fsp3) is 0.105. The van der Waals surface area contributed by atoms with Crippen LogP contribution in [0.1, 0.15) is 18.0 Å². The molecule has 0 spiro atoms. The van der Waals surface area contributed by atoms with Crippen molar-refractivity contribution in [1.82, 2.24) is 14.5 Å². The molecule has 0 saturated carbocycles. The molecule has 0 radical (unpaired) electrons. The largest absolute Gasteiger partial charge is 0.346 e. The van der Waals surface area contributed by atoms with Gasteiger partial charge < -0.3 is 19.9 Å². The van der Waals surface area contributed by atoms with Crippen molar-refractivity contribution in [2.45, 2.75) is 12.5 Å². The average Bonchev–Trinajstić information content (AvgIpc) is 3.35. The van der Waals surface area contributed by atoms with Gasteiger partial charge in [-0.1, -0.05) is 0 Å². The Bertz CT molecular complexity index is 1160. The van der Waals surface area contributed by atoms with Gasteiger partial charge in [-0.05, 0) is 52.7 Å². The van der Waals surface area contributed by atoms with Gasteiger partial charge in [0.2, 0.25) is 5.91 Å². The molecular formula is C19H16N4O3S. The molecule has 0 aliphatic carbocycles. The minimum absolute atomic E-state index is 0.0946. The fourth-order valence-corrected chi connectivity index (χ4v) is 3.70. The molecule has 1 aromatic carbocycles. The quantitative estimate of drug-likeness (QED) is 0.464. The number of carbonyl (C=O) groups excluding carboxylic acids is 1. The van der Waals surface area contributed by atoms with Crippen molar-refractivity contribution >= 4 is 34.0 Å². The van der Waals surface area contributed by atoms with E-state index < -0.39 is 11.1 Å². The molecule has 3 heterocycles. The summed E-state index contributed by atoms with van der Waals surface area (Å²) in [4.78, 5) is 40.5. The van der Waals surface area contributed by atoms with Gasteiger partial charge in [0.05, 0.1) is 23.5 Å². The number of H-pyrrole nitrogens is 2. The maximum absolute atomic E-state index is 12.6. The summed E-state index contributed by atoms with van der Waals surface area (Å²) in [5, 5.41) is 6.89. The number of carbonyl (C=O) groups is 1. The van der Waals surface area contributed by atoms with E-state index in [1.807, 2.05) is 45.9 Å². The van der Waals surface area contributed by atoms with Crippen LogP contribution < -0.4 is 16.4 Å². The van der Waals surface area contributed by atoms with E-state index in [1.54, 1.807) is 29.5 Å². The summed E-state index contributed by atoms with van der Waals surface area (Å²) in [5.74, 6) is -0.147. The Morgan fingerprint density at radius 2 is 1.81 bits per heavy atom. The lowest BCUT2D eigenvalue weighted by Crippen LogP contribution is -2.28. The van der Waals surface area contributed by atoms with Crippen LogP contribution >= 0.6 is 11.3 Å². The highest BCUT2D eigenvalue weighted by Gasteiger charge is 2.18. The van der Waals surface area contributed by atoms with Gasteiger partial charge in [-0.3, -0.25) is 14.4 Å². The molecule has 27 heavy (non-hydrogen) atoms. The summed E-state index contributed by atoms with van der Waals surface area (Å²) >= 11 is 1.59. The summed E-state index contributed by atoms with van der Waals surface area (Å²) in [7, 11) is 0. The van der Waals surface area contributed by atoms with Gasteiger partial charge in [0.25, 0.3) is 0 Å². The smallest absolute Gasteiger partial charge is 0.314 e. The van der Waals surface area contributed by atoms with Crippen LogP contribution in [0, 0.1) is 0 Å². The molecule has 8 heteroatoms. The lowest BCUT2D eigenvalue weighted by Gasteiger charge is -2.18. The number of thiophene rings is 1. The molecule has 7 nitrogen and oxygen atoms in total. The Morgan fingerprint density at radius 3 is 2.52 bits per heavy atom. The van der Waals surface area contributed by atoms with E-state index in [4.69, 9.17) is 0 Å².